The topological polar surface area (TPSA) is 61.6 Å². The van der Waals surface area contributed by atoms with E-state index < -0.39 is 0 Å². The summed E-state index contributed by atoms with van der Waals surface area (Å²) in [4.78, 5) is 13.9. The summed E-state index contributed by atoms with van der Waals surface area (Å²) in [5, 5.41) is 2.00. The van der Waals surface area contributed by atoms with E-state index in [4.69, 9.17) is 5.73 Å². The molecule has 3 N–H and O–H groups in total. The van der Waals surface area contributed by atoms with Gasteiger partial charge in [0.2, 0.25) is 5.91 Å². The molecule has 1 saturated heterocycles. The zero-order chi connectivity index (χ0) is 11.3. The average molecular weight is 214 g/mol. The van der Waals surface area contributed by atoms with Crippen LogP contribution in [0.4, 0.5) is 0 Å². The third kappa shape index (κ3) is 4.15. The molecule has 0 radical (unpaired) electrons. The third-order valence-corrected chi connectivity index (χ3v) is 2.82. The zero-order valence-corrected chi connectivity index (χ0v) is 9.70. The summed E-state index contributed by atoms with van der Waals surface area (Å²) in [6.07, 6.45) is 0.750. The monoisotopic (exact) mass is 214 g/mol. The molecule has 5 heteroatoms. The van der Waals surface area contributed by atoms with Crippen LogP contribution in [0.1, 0.15) is 13.3 Å². The molecule has 0 saturated carbocycles. The largest absolute Gasteiger partial charge is 0.330 e. The maximum Gasteiger partial charge on any atom is 0.237 e. The van der Waals surface area contributed by atoms with Crippen LogP contribution in [0.25, 0.3) is 0 Å². The van der Waals surface area contributed by atoms with Crippen LogP contribution < -0.4 is 11.2 Å². The van der Waals surface area contributed by atoms with Gasteiger partial charge in [0, 0.05) is 32.1 Å². The second-order valence-electron chi connectivity index (χ2n) is 4.24. The minimum Gasteiger partial charge on any atom is -0.330 e. The Kier molecular flexibility index (Phi) is 5.01. The van der Waals surface area contributed by atoms with Gasteiger partial charge in [-0.3, -0.25) is 10.2 Å². The van der Waals surface area contributed by atoms with Crippen molar-refractivity contribution in [2.24, 2.45) is 11.7 Å². The lowest BCUT2D eigenvalue weighted by atomic mass is 10.1. The van der Waals surface area contributed by atoms with Crippen LogP contribution in [0.5, 0.6) is 0 Å². The van der Waals surface area contributed by atoms with Gasteiger partial charge in [-0.2, -0.15) is 0 Å². The van der Waals surface area contributed by atoms with Gasteiger partial charge in [0.15, 0.2) is 0 Å². The number of carbonyl (C=O) groups excluding carboxylic acids is 1. The first kappa shape index (κ1) is 12.4. The van der Waals surface area contributed by atoms with Crippen molar-refractivity contribution in [1.29, 1.82) is 0 Å². The number of hydrogen-bond donors (Lipinski definition) is 2. The van der Waals surface area contributed by atoms with Crippen molar-refractivity contribution in [2.75, 3.05) is 39.8 Å². The van der Waals surface area contributed by atoms with Crippen LogP contribution in [-0.2, 0) is 4.79 Å². The Balaban J connectivity index is 2.25. The van der Waals surface area contributed by atoms with Gasteiger partial charge in [0.05, 0.1) is 0 Å². The van der Waals surface area contributed by atoms with Crippen LogP contribution in [0.3, 0.4) is 0 Å². The number of nitrogens with two attached hydrogens (primary N) is 1. The van der Waals surface area contributed by atoms with E-state index in [1.807, 2.05) is 11.9 Å². The van der Waals surface area contributed by atoms with E-state index in [0.717, 1.165) is 32.6 Å². The minimum absolute atomic E-state index is 0.00894. The number of amides is 1. The molecule has 1 rings (SSSR count). The van der Waals surface area contributed by atoms with Gasteiger partial charge in [-0.25, -0.2) is 5.01 Å². The van der Waals surface area contributed by atoms with E-state index in [0.29, 0.717) is 6.54 Å². The number of hydrogen-bond acceptors (Lipinski definition) is 4. The second-order valence-corrected chi connectivity index (χ2v) is 4.24. The van der Waals surface area contributed by atoms with E-state index in [-0.39, 0.29) is 11.8 Å². The second kappa shape index (κ2) is 6.05. The van der Waals surface area contributed by atoms with Crippen molar-refractivity contribution in [3.8, 4) is 0 Å². The summed E-state index contributed by atoms with van der Waals surface area (Å²) in [6.45, 7) is 6.29. The predicted octanol–water partition coefficient (Wildman–Crippen LogP) is -0.750. The molecule has 1 aliphatic heterocycles. The molecule has 0 bridgehead atoms. The molecule has 1 amide bonds. The number of carbonyl (C=O) groups is 1. The fourth-order valence-electron chi connectivity index (χ4n) is 1.57. The molecular formula is C10H22N4O. The van der Waals surface area contributed by atoms with E-state index in [1.165, 1.54) is 0 Å². The summed E-state index contributed by atoms with van der Waals surface area (Å²) in [5.41, 5.74) is 8.35. The van der Waals surface area contributed by atoms with Gasteiger partial charge >= 0.3 is 0 Å². The summed E-state index contributed by atoms with van der Waals surface area (Å²) in [5.74, 6) is 0.0969. The lowest BCUT2D eigenvalue weighted by Crippen LogP contribution is -2.53. The van der Waals surface area contributed by atoms with Crippen molar-refractivity contribution in [3.63, 3.8) is 0 Å². The number of piperazine rings is 1. The van der Waals surface area contributed by atoms with E-state index in [1.54, 1.807) is 0 Å². The number of hydrazine groups is 1. The van der Waals surface area contributed by atoms with Crippen LogP contribution in [0.15, 0.2) is 0 Å². The Morgan fingerprint density at radius 1 is 1.40 bits per heavy atom. The average Bonchev–Trinajstić information content (AvgIpc) is 2.22. The van der Waals surface area contributed by atoms with E-state index in [9.17, 15) is 4.79 Å². The van der Waals surface area contributed by atoms with Crippen LogP contribution in [-0.4, -0.2) is 55.6 Å². The highest BCUT2D eigenvalue weighted by molar-refractivity contribution is 5.77. The fraction of sp³-hybridized carbons (Fsp3) is 0.900. The maximum atomic E-state index is 11.7. The summed E-state index contributed by atoms with van der Waals surface area (Å²) >= 11 is 0. The summed E-state index contributed by atoms with van der Waals surface area (Å²) in [6, 6.07) is 0. The van der Waals surface area contributed by atoms with E-state index in [2.05, 4.69) is 17.4 Å². The van der Waals surface area contributed by atoms with Crippen molar-refractivity contribution < 1.29 is 4.79 Å². The summed E-state index contributed by atoms with van der Waals surface area (Å²) in [7, 11) is 2.09. The van der Waals surface area contributed by atoms with Crippen molar-refractivity contribution >= 4 is 5.91 Å². The van der Waals surface area contributed by atoms with Gasteiger partial charge in [-0.1, -0.05) is 6.92 Å². The molecule has 0 aromatic carbocycles. The first-order chi connectivity index (χ1) is 7.13. The smallest absolute Gasteiger partial charge is 0.237 e. The normalized spacial score (nSPS) is 21.3. The van der Waals surface area contributed by atoms with Gasteiger partial charge in [0.25, 0.3) is 0 Å². The van der Waals surface area contributed by atoms with E-state index >= 15 is 0 Å². The van der Waals surface area contributed by atoms with Crippen molar-refractivity contribution in [1.82, 2.24) is 15.3 Å². The number of likely N-dealkylation sites (N-methyl/N-ethyl adjacent to an activating group) is 1. The molecule has 1 atom stereocenters. The molecule has 1 fully saturated rings. The fourth-order valence-corrected chi connectivity index (χ4v) is 1.57. The molecule has 0 spiro atoms. The molecule has 1 unspecified atom stereocenters. The van der Waals surface area contributed by atoms with Crippen molar-refractivity contribution in [2.45, 2.75) is 13.3 Å². The molecule has 1 aliphatic rings. The van der Waals surface area contributed by atoms with Gasteiger partial charge < -0.3 is 10.6 Å². The van der Waals surface area contributed by atoms with Crippen LogP contribution in [0, 0.1) is 5.92 Å². The molecule has 1 heterocycles. The lowest BCUT2D eigenvalue weighted by molar-refractivity contribution is -0.130. The molecule has 0 aromatic heterocycles. The Hall–Kier alpha value is -0.650. The molecule has 88 valence electrons. The SMILES string of the molecule is CC(CCN)C(=O)NN1CCN(C)CC1. The molecule has 0 aliphatic carbocycles. The van der Waals surface area contributed by atoms with Gasteiger partial charge in [-0.05, 0) is 20.0 Å². The molecule has 0 aromatic rings. The Labute approximate surface area is 91.6 Å². The minimum atomic E-state index is 0.00894. The molecule has 5 nitrogen and oxygen atoms in total. The van der Waals surface area contributed by atoms with Gasteiger partial charge in [0.1, 0.15) is 0 Å². The zero-order valence-electron chi connectivity index (χ0n) is 9.70. The lowest BCUT2D eigenvalue weighted by Gasteiger charge is -2.33. The van der Waals surface area contributed by atoms with Crippen LogP contribution >= 0.6 is 0 Å². The quantitative estimate of drug-likeness (QED) is 0.646. The highest BCUT2D eigenvalue weighted by Crippen LogP contribution is 2.02. The van der Waals surface area contributed by atoms with Gasteiger partial charge in [-0.15, -0.1) is 0 Å². The Bertz CT molecular complexity index is 202. The summed E-state index contributed by atoms with van der Waals surface area (Å²) < 4.78 is 0. The standard InChI is InChI=1S/C10H22N4O/c1-9(3-4-11)10(15)12-14-7-5-13(2)6-8-14/h9H,3-8,11H2,1-2H3,(H,12,15). The van der Waals surface area contributed by atoms with Crippen molar-refractivity contribution in [3.05, 3.63) is 0 Å². The Morgan fingerprint density at radius 3 is 2.53 bits per heavy atom. The third-order valence-electron chi connectivity index (χ3n) is 2.82. The van der Waals surface area contributed by atoms with Crippen LogP contribution in [0.2, 0.25) is 0 Å². The first-order valence-electron chi connectivity index (χ1n) is 5.57. The highest BCUT2D eigenvalue weighted by atomic mass is 16.2. The Morgan fingerprint density at radius 2 is 2.00 bits per heavy atom. The number of rotatable bonds is 4. The first-order valence-corrected chi connectivity index (χ1v) is 5.57. The molecular weight excluding hydrogens is 192 g/mol. The predicted molar refractivity (Wildman–Crippen MR) is 60.0 cm³/mol. The maximum absolute atomic E-state index is 11.7. The number of nitrogens with zero attached hydrogens (tertiary/aromatic N) is 2. The number of nitrogens with one attached hydrogen (secondary N) is 1. The highest BCUT2D eigenvalue weighted by Gasteiger charge is 2.18. The molecule has 15 heavy (non-hydrogen) atoms.